The van der Waals surface area contributed by atoms with Gasteiger partial charge in [-0.05, 0) is 269 Å². The van der Waals surface area contributed by atoms with Crippen LogP contribution < -0.4 is 104 Å². The van der Waals surface area contributed by atoms with Gasteiger partial charge >= 0.3 is 72.1 Å². The fourth-order valence-corrected chi connectivity index (χ4v) is 22.7. The Balaban J connectivity index is 0.000000137. The number of pyridine rings is 6. The van der Waals surface area contributed by atoms with Gasteiger partial charge < -0.3 is 63.7 Å². The molecule has 49 heteroatoms. The fraction of sp³-hybridized carbons (Fsp3) is 0.343. The predicted octanol–water partition coefficient (Wildman–Crippen LogP) is 10.8. The average molecular weight is 2170 g/mol. The van der Waals surface area contributed by atoms with E-state index in [1.165, 1.54) is 107 Å². The van der Waals surface area contributed by atoms with Crippen molar-refractivity contribution in [3.05, 3.63) is 275 Å². The van der Waals surface area contributed by atoms with Gasteiger partial charge in [0.2, 0.25) is 5.91 Å². The third-order valence-corrected chi connectivity index (χ3v) is 29.3. The van der Waals surface area contributed by atoms with Gasteiger partial charge in [-0.15, -0.1) is 0 Å². The summed E-state index contributed by atoms with van der Waals surface area (Å²) in [7, 11) is -25.3. The van der Waals surface area contributed by atoms with Gasteiger partial charge in [-0.3, -0.25) is 33.6 Å². The first-order chi connectivity index (χ1) is 69.8. The van der Waals surface area contributed by atoms with Crippen LogP contribution in [0.25, 0.3) is 76.2 Å². The van der Waals surface area contributed by atoms with Crippen LogP contribution in [-0.2, 0) is 136 Å². The molecule has 1 aliphatic heterocycles. The molecule has 0 bridgehead atoms. The first-order valence-electron chi connectivity index (χ1n) is 47.6. The number of carbonyl (C=O) groups excluding carboxylic acids is 1. The molecule has 3 unspecified atom stereocenters. The molecule has 19 N–H and O–H groups in total. The van der Waals surface area contributed by atoms with Crippen molar-refractivity contribution >= 4 is 160 Å². The second kappa shape index (κ2) is 46.2. The number of nitrogens with two attached hydrogens (primary N) is 7. The number of rotatable bonds is 16. The van der Waals surface area contributed by atoms with Gasteiger partial charge in [0.05, 0.1) is 38.5 Å². The molecule has 148 heavy (non-hydrogen) atoms. The maximum atomic E-state index is 12.6. The van der Waals surface area contributed by atoms with Gasteiger partial charge in [-0.2, -0.15) is 94.9 Å². The summed E-state index contributed by atoms with van der Waals surface area (Å²) in [4.78, 5) is 96.5. The number of carbonyl (C=O) groups is 1. The van der Waals surface area contributed by atoms with Crippen LogP contribution in [0.3, 0.4) is 0 Å². The Labute approximate surface area is 852 Å². The molecule has 1 saturated carbocycles. The molecule has 1 amide bonds. The number of amides is 1. The van der Waals surface area contributed by atoms with Crippen LogP contribution in [0.5, 0.6) is 40.2 Å². The lowest BCUT2D eigenvalue weighted by atomic mass is 9.78. The summed E-state index contributed by atoms with van der Waals surface area (Å²) < 4.78 is 189. The van der Waals surface area contributed by atoms with Crippen molar-refractivity contribution in [1.29, 1.82) is 0 Å². The number of hydrogen-bond acceptors (Lipinski definition) is 28. The van der Waals surface area contributed by atoms with Crippen molar-refractivity contribution in [2.24, 2.45) is 56.0 Å². The monoisotopic (exact) mass is 2170 g/mol. The lowest BCUT2D eigenvalue weighted by Crippen LogP contribution is -2.33. The second-order valence-corrected chi connectivity index (χ2v) is 44.9. The van der Waals surface area contributed by atoms with Gasteiger partial charge in [-0.1, -0.05) is 82.9 Å². The van der Waals surface area contributed by atoms with Crippen molar-refractivity contribution in [2.75, 3.05) is 5.32 Å². The average Bonchev–Trinajstić information content (AvgIpc) is 0.764. The number of hydrogen-bond donors (Lipinski definition) is 12. The SMILES string of the molecule is CCCC1CCCc2c1c(=O)[nH]c1cc(OS(N)(=O)=O)ccc21.Cc1cc(=O)n(C)c2cc(OS(N)(=O)=O)ccc12.Cn1c(=O)ccc2ccc(OS(N)(=O)=O)cc21.NS(=O)(=O)Oc1ccc2c(c1)NC(=O)C1CCCCCC21.NS(=O)(=O)Oc1ccc2c(c1)[nH]c(=O)c1c3c(ccc12)CCCC3.NS(=O)(=O)Oc1ccc2c3c(c(=O)[nH]c2c1)CCCCCC3.NS(=O)(=O)Oc1ccc2c3c(c(=O)[nH]c2c1)CCCCCCC3. The summed E-state index contributed by atoms with van der Waals surface area (Å²) in [6.45, 7) is 3.93. The highest BCUT2D eigenvalue weighted by Gasteiger charge is 2.37. The zero-order chi connectivity index (χ0) is 107. The topological polar surface area (TPSA) is 690 Å². The molecule has 790 valence electrons. The highest BCUT2D eigenvalue weighted by Crippen LogP contribution is 2.46. The molecule has 20 rings (SSSR count). The molecule has 6 aromatic heterocycles. The Morgan fingerprint density at radius 2 is 0.676 bits per heavy atom. The zero-order valence-electron chi connectivity index (χ0n) is 81.1. The first-order valence-corrected chi connectivity index (χ1v) is 57.9. The maximum Gasteiger partial charge on any atom is 0.380 e. The van der Waals surface area contributed by atoms with Gasteiger partial charge in [-0.25, -0.2) is 0 Å². The number of nitrogens with zero attached hydrogens (tertiary/aromatic N) is 2. The van der Waals surface area contributed by atoms with E-state index < -0.39 is 72.1 Å². The van der Waals surface area contributed by atoms with Crippen LogP contribution in [0.15, 0.2) is 186 Å². The van der Waals surface area contributed by atoms with E-state index in [0.29, 0.717) is 44.7 Å². The summed E-state index contributed by atoms with van der Waals surface area (Å²) >= 11 is 0. The first kappa shape index (κ1) is 110. The molecular weight excluding hydrogens is 2060 g/mol. The molecular formula is C99H114N14O28S7. The lowest BCUT2D eigenvalue weighted by Gasteiger charge is -2.32. The van der Waals surface area contributed by atoms with Crippen LogP contribution in [0.2, 0.25) is 0 Å². The van der Waals surface area contributed by atoms with Crippen molar-refractivity contribution in [3.63, 3.8) is 0 Å². The van der Waals surface area contributed by atoms with E-state index in [0.717, 1.165) is 247 Å². The Morgan fingerprint density at radius 1 is 0.318 bits per heavy atom. The molecule has 0 spiro atoms. The number of fused-ring (bicyclic) bond motifs is 19. The molecule has 1 fully saturated rings. The summed E-state index contributed by atoms with van der Waals surface area (Å²) in [6, 6.07) is 42.1. The minimum absolute atomic E-state index is 0.0159. The van der Waals surface area contributed by atoms with Gasteiger partial charge in [0.1, 0.15) is 40.2 Å². The van der Waals surface area contributed by atoms with E-state index in [-0.39, 0.29) is 91.3 Å². The summed E-state index contributed by atoms with van der Waals surface area (Å²) in [5.74, 6) is 1.16. The van der Waals surface area contributed by atoms with E-state index in [9.17, 15) is 92.5 Å². The quantitative estimate of drug-likeness (QED) is 0.0400. The van der Waals surface area contributed by atoms with Crippen molar-refractivity contribution in [2.45, 2.75) is 199 Å². The summed E-state index contributed by atoms with van der Waals surface area (Å²) in [5, 5.41) is 43.7. The lowest BCUT2D eigenvalue weighted by molar-refractivity contribution is -0.121. The summed E-state index contributed by atoms with van der Waals surface area (Å²) in [6.07, 6.45) is 27.7. The predicted molar refractivity (Wildman–Crippen MR) is 563 cm³/mol. The molecule has 14 aromatic rings. The molecule has 42 nitrogen and oxygen atoms in total. The molecule has 0 saturated heterocycles. The minimum atomic E-state index is -4.10. The number of aromatic amines is 4. The molecule has 6 aliphatic rings. The number of anilines is 1. The third-order valence-electron chi connectivity index (χ3n) is 26.4. The van der Waals surface area contributed by atoms with Crippen molar-refractivity contribution in [1.82, 2.24) is 29.1 Å². The van der Waals surface area contributed by atoms with E-state index >= 15 is 0 Å². The normalized spacial score (nSPS) is 16.4. The third kappa shape index (κ3) is 29.0. The highest BCUT2D eigenvalue weighted by molar-refractivity contribution is 7.86. The van der Waals surface area contributed by atoms with Gasteiger partial charge in [0.25, 0.3) is 33.4 Å². The standard InChI is InChI=1S/C17H16N2O4S.2C16H20N2O4S.C15H18N2O4S.C14H18N2O4S.C11H12N2O4S.C10H10N2O4S/c18-24(21,22)23-11-6-8-13-14-7-5-10-3-1-2-4-12(10)16(14)17(20)19-15(13)9-11;1-2-4-10-5-3-6-13-12-8-7-11(22-23(17,20)21)9-14(12)18-16(19)15(10)13;17-23(20,21)22-11-8-9-13-12-6-4-2-1-3-5-7-14(12)16(19)18-15(13)10-11;16-22(19,20)21-10-7-8-12-11-5-3-1-2-4-6-13(11)15(18)17-14(12)9-10;15-21(18,19)20-9-6-7-11-10-4-2-1-3-5-12(10)14(17)16-13(11)8-9;1-7-5-11(14)13(2)10-6-8(3-4-9(7)10)17-18(12,15)16;1-12-9-6-8(16-17(11,14)15)4-2-7(9)3-5-10(12)13/h5-9H,1-4H2,(H,19,20)(H2,18,21,22);7-10H,2-6H2,1H3,(H,18,19)(H2,17,20,21);8-10H,1-7H2,(H,18,19)(H2,17,20,21);7-9H,1-6H2,(H,17,18)(H2,16,19,20);6-8,10,12H,1-5H2,(H,16,17)(H2,15,18,19);3-6H,1-2H3,(H2,12,15,16);2-6H,1H3,(H2,11,14,15). The highest BCUT2D eigenvalue weighted by atomic mass is 32.3. The number of H-pyrrole nitrogens is 4. The van der Waals surface area contributed by atoms with E-state index in [1.807, 2.05) is 19.1 Å². The van der Waals surface area contributed by atoms with E-state index in [4.69, 9.17) is 36.0 Å². The Morgan fingerprint density at radius 3 is 1.17 bits per heavy atom. The number of benzene rings is 8. The Hall–Kier alpha value is -13.3. The Kier molecular flexibility index (Phi) is 34.5. The van der Waals surface area contributed by atoms with Crippen molar-refractivity contribution in [3.8, 4) is 40.2 Å². The van der Waals surface area contributed by atoms with Gasteiger partial charge in [0, 0.05) is 124 Å². The van der Waals surface area contributed by atoms with Crippen LogP contribution in [-0.4, -0.2) is 93.9 Å². The molecule has 7 heterocycles. The molecule has 8 aromatic carbocycles. The number of aryl methyl sites for hydroxylation is 8. The van der Waals surface area contributed by atoms with Crippen LogP contribution in [0, 0.1) is 12.8 Å². The largest absolute Gasteiger partial charge is 0.380 e. The molecule has 0 radical (unpaired) electrons. The van der Waals surface area contributed by atoms with E-state index in [1.54, 1.807) is 80.8 Å². The molecule has 3 atom stereocenters. The second-order valence-electron chi connectivity index (χ2n) is 36.8. The minimum Gasteiger partial charge on any atom is -0.371 e. The van der Waals surface area contributed by atoms with Crippen LogP contribution in [0.4, 0.5) is 5.69 Å². The molecule has 5 aliphatic carbocycles. The number of nitrogens with one attached hydrogen (secondary N) is 5. The maximum absolute atomic E-state index is 12.6. The smallest absolute Gasteiger partial charge is 0.371 e. The van der Waals surface area contributed by atoms with Crippen LogP contribution in [0.1, 0.15) is 203 Å². The van der Waals surface area contributed by atoms with Crippen molar-refractivity contribution < 1.29 is 93.0 Å². The van der Waals surface area contributed by atoms with Gasteiger partial charge in [0.15, 0.2) is 0 Å². The summed E-state index contributed by atoms with van der Waals surface area (Å²) in [5.41, 5.74) is 13.3. The van der Waals surface area contributed by atoms with E-state index in [2.05, 4.69) is 67.5 Å². The van der Waals surface area contributed by atoms with Crippen LogP contribution >= 0.6 is 0 Å². The Bertz CT molecular complexity index is 8810. The fourth-order valence-electron chi connectivity index (χ4n) is 20.1. The zero-order valence-corrected chi connectivity index (χ0v) is 86.8. The number of aromatic nitrogens is 6.